The zero-order chi connectivity index (χ0) is 17.3. The fraction of sp³-hybridized carbons (Fsp3) is 0.333. The molecule has 1 heterocycles. The van der Waals surface area contributed by atoms with Gasteiger partial charge in [0.2, 0.25) is 10.0 Å². The average Bonchev–Trinajstić information content (AvgIpc) is 3.08. The zero-order valence-electron chi connectivity index (χ0n) is 13.7. The van der Waals surface area contributed by atoms with Gasteiger partial charge in [-0.3, -0.25) is 0 Å². The van der Waals surface area contributed by atoms with E-state index in [-0.39, 0.29) is 10.9 Å². The Hall–Kier alpha value is -1.56. The van der Waals surface area contributed by atoms with Crippen LogP contribution in [0.15, 0.2) is 47.4 Å². The van der Waals surface area contributed by atoms with Gasteiger partial charge in [-0.1, -0.05) is 29.8 Å². The van der Waals surface area contributed by atoms with E-state index in [4.69, 9.17) is 16.3 Å². The smallest absolute Gasteiger partial charge is 0.243 e. The Morgan fingerprint density at radius 2 is 2.00 bits per heavy atom. The van der Waals surface area contributed by atoms with Gasteiger partial charge in [-0.15, -0.1) is 0 Å². The first-order valence-corrected chi connectivity index (χ1v) is 9.67. The highest BCUT2D eigenvalue weighted by Crippen LogP contribution is 2.38. The molecule has 6 heteroatoms. The Morgan fingerprint density at radius 3 is 2.71 bits per heavy atom. The van der Waals surface area contributed by atoms with Crippen LogP contribution < -0.4 is 4.74 Å². The molecule has 2 aromatic carbocycles. The molecule has 0 N–H and O–H groups in total. The molecule has 0 amide bonds. The van der Waals surface area contributed by atoms with Crippen LogP contribution in [0.25, 0.3) is 0 Å². The van der Waals surface area contributed by atoms with Crippen LogP contribution in [0.1, 0.15) is 30.0 Å². The summed E-state index contributed by atoms with van der Waals surface area (Å²) in [6.07, 6.45) is 1.63. The van der Waals surface area contributed by atoms with E-state index in [0.717, 1.165) is 29.7 Å². The molecule has 4 nitrogen and oxygen atoms in total. The van der Waals surface area contributed by atoms with E-state index >= 15 is 0 Å². The number of ether oxygens (including phenoxy) is 1. The van der Waals surface area contributed by atoms with E-state index in [9.17, 15) is 8.42 Å². The maximum atomic E-state index is 13.1. The highest BCUT2D eigenvalue weighted by molar-refractivity contribution is 7.89. The lowest BCUT2D eigenvalue weighted by atomic mass is 10.1. The minimum Gasteiger partial charge on any atom is -0.497 e. The summed E-state index contributed by atoms with van der Waals surface area (Å²) in [6.45, 7) is 2.36. The summed E-state index contributed by atoms with van der Waals surface area (Å²) in [5, 5.41) is 0.466. The number of aryl methyl sites for hydroxylation is 1. The topological polar surface area (TPSA) is 46.6 Å². The molecule has 0 saturated carbocycles. The SMILES string of the molecule is COc1cccc(C2CCCN2S(=O)(=O)c2ccc(C)c(Cl)c2)c1. The van der Waals surface area contributed by atoms with E-state index in [1.165, 1.54) is 6.07 Å². The highest BCUT2D eigenvalue weighted by atomic mass is 35.5. The third-order valence-corrected chi connectivity index (χ3v) is 6.74. The van der Waals surface area contributed by atoms with Crippen LogP contribution in [0.2, 0.25) is 5.02 Å². The van der Waals surface area contributed by atoms with Gasteiger partial charge in [0.05, 0.1) is 18.0 Å². The number of rotatable bonds is 4. The minimum atomic E-state index is -3.59. The molecule has 1 aliphatic rings. The summed E-state index contributed by atoms with van der Waals surface area (Å²) in [7, 11) is -1.98. The Balaban J connectivity index is 1.98. The Kier molecular flexibility index (Phi) is 4.85. The summed E-state index contributed by atoms with van der Waals surface area (Å²) in [6, 6.07) is 12.3. The molecule has 24 heavy (non-hydrogen) atoms. The van der Waals surface area contributed by atoms with Crippen molar-refractivity contribution in [3.63, 3.8) is 0 Å². The summed E-state index contributed by atoms with van der Waals surface area (Å²) in [4.78, 5) is 0.243. The van der Waals surface area contributed by atoms with Gasteiger partial charge in [0, 0.05) is 11.6 Å². The molecular weight excluding hydrogens is 346 g/mol. The molecule has 0 spiro atoms. The van der Waals surface area contributed by atoms with Gasteiger partial charge in [0.1, 0.15) is 5.75 Å². The van der Waals surface area contributed by atoms with E-state index in [2.05, 4.69) is 0 Å². The second-order valence-corrected chi connectivity index (χ2v) is 8.26. The first-order chi connectivity index (χ1) is 11.4. The normalized spacial score (nSPS) is 18.7. The number of methoxy groups -OCH3 is 1. The fourth-order valence-electron chi connectivity index (χ4n) is 3.08. The lowest BCUT2D eigenvalue weighted by Crippen LogP contribution is -2.30. The highest BCUT2D eigenvalue weighted by Gasteiger charge is 2.36. The molecule has 0 aliphatic carbocycles. The van der Waals surface area contributed by atoms with Gasteiger partial charge in [0.15, 0.2) is 0 Å². The van der Waals surface area contributed by atoms with Crippen LogP contribution >= 0.6 is 11.6 Å². The molecular formula is C18H20ClNO3S. The molecule has 128 valence electrons. The fourth-order valence-corrected chi connectivity index (χ4v) is 5.03. The van der Waals surface area contributed by atoms with Gasteiger partial charge in [-0.05, 0) is 55.2 Å². The number of hydrogen-bond acceptors (Lipinski definition) is 3. The Bertz CT molecular complexity index is 851. The molecule has 0 radical (unpaired) electrons. The standard InChI is InChI=1S/C18H20ClNO3S/c1-13-8-9-16(12-17(13)19)24(21,22)20-10-4-7-18(20)14-5-3-6-15(11-14)23-2/h3,5-6,8-9,11-12,18H,4,7,10H2,1-2H3. The van der Waals surface area contributed by atoms with Crippen LogP contribution in [0, 0.1) is 6.92 Å². The quantitative estimate of drug-likeness (QED) is 0.816. The van der Waals surface area contributed by atoms with Crippen molar-refractivity contribution in [2.75, 3.05) is 13.7 Å². The first-order valence-electron chi connectivity index (χ1n) is 7.85. The largest absolute Gasteiger partial charge is 0.497 e. The van der Waals surface area contributed by atoms with E-state index in [0.29, 0.717) is 11.6 Å². The van der Waals surface area contributed by atoms with Crippen LogP contribution in [-0.2, 0) is 10.0 Å². The molecule has 3 rings (SSSR count). The average molecular weight is 366 g/mol. The van der Waals surface area contributed by atoms with Crippen LogP contribution in [0.4, 0.5) is 0 Å². The van der Waals surface area contributed by atoms with Gasteiger partial charge < -0.3 is 4.74 Å². The van der Waals surface area contributed by atoms with Crippen molar-refractivity contribution in [2.45, 2.75) is 30.7 Å². The van der Waals surface area contributed by atoms with Crippen molar-refractivity contribution in [2.24, 2.45) is 0 Å². The number of halogens is 1. The number of benzene rings is 2. The molecule has 1 aliphatic heterocycles. The van der Waals surface area contributed by atoms with E-state index in [1.807, 2.05) is 31.2 Å². The Labute approximate surface area is 148 Å². The van der Waals surface area contributed by atoms with Crippen molar-refractivity contribution in [1.82, 2.24) is 4.31 Å². The van der Waals surface area contributed by atoms with Gasteiger partial charge in [-0.2, -0.15) is 4.31 Å². The van der Waals surface area contributed by atoms with Crippen molar-refractivity contribution >= 4 is 21.6 Å². The summed E-state index contributed by atoms with van der Waals surface area (Å²) in [5.41, 5.74) is 1.81. The van der Waals surface area contributed by atoms with Crippen molar-refractivity contribution in [3.05, 3.63) is 58.6 Å². The van der Waals surface area contributed by atoms with Crippen molar-refractivity contribution in [1.29, 1.82) is 0 Å². The second kappa shape index (κ2) is 6.75. The molecule has 0 bridgehead atoms. The summed E-state index contributed by atoms with van der Waals surface area (Å²) in [5.74, 6) is 0.732. The lowest BCUT2D eigenvalue weighted by molar-refractivity contribution is 0.390. The summed E-state index contributed by atoms with van der Waals surface area (Å²) < 4.78 is 33.0. The number of hydrogen-bond donors (Lipinski definition) is 0. The van der Waals surface area contributed by atoms with Gasteiger partial charge >= 0.3 is 0 Å². The maximum absolute atomic E-state index is 13.1. The number of sulfonamides is 1. The second-order valence-electron chi connectivity index (χ2n) is 5.96. The van der Waals surface area contributed by atoms with Crippen LogP contribution in [-0.4, -0.2) is 26.4 Å². The molecule has 1 unspecified atom stereocenters. The third-order valence-electron chi connectivity index (χ3n) is 4.43. The van der Waals surface area contributed by atoms with E-state index < -0.39 is 10.0 Å². The van der Waals surface area contributed by atoms with Crippen LogP contribution in [0.5, 0.6) is 5.75 Å². The lowest BCUT2D eigenvalue weighted by Gasteiger charge is -2.25. The van der Waals surface area contributed by atoms with Gasteiger partial charge in [-0.25, -0.2) is 8.42 Å². The first kappa shape index (κ1) is 17.3. The number of nitrogens with zero attached hydrogens (tertiary/aromatic N) is 1. The maximum Gasteiger partial charge on any atom is 0.243 e. The van der Waals surface area contributed by atoms with Crippen LogP contribution in [0.3, 0.4) is 0 Å². The summed E-state index contributed by atoms with van der Waals surface area (Å²) >= 11 is 6.12. The van der Waals surface area contributed by atoms with Crippen molar-refractivity contribution in [3.8, 4) is 5.75 Å². The molecule has 1 atom stereocenters. The molecule has 1 saturated heterocycles. The predicted molar refractivity (Wildman–Crippen MR) is 95.0 cm³/mol. The molecule has 1 fully saturated rings. The minimum absolute atomic E-state index is 0.176. The van der Waals surface area contributed by atoms with Gasteiger partial charge in [0.25, 0.3) is 0 Å². The predicted octanol–water partition coefficient (Wildman–Crippen LogP) is 4.18. The molecule has 0 aromatic heterocycles. The third kappa shape index (κ3) is 3.16. The van der Waals surface area contributed by atoms with E-state index in [1.54, 1.807) is 23.5 Å². The Morgan fingerprint density at radius 1 is 1.21 bits per heavy atom. The zero-order valence-corrected chi connectivity index (χ0v) is 15.3. The van der Waals surface area contributed by atoms with Crippen molar-refractivity contribution < 1.29 is 13.2 Å². The molecule has 2 aromatic rings. The monoisotopic (exact) mass is 365 g/mol.